The van der Waals surface area contributed by atoms with E-state index in [4.69, 9.17) is 4.74 Å². The average Bonchev–Trinajstić information content (AvgIpc) is 3.26. The van der Waals surface area contributed by atoms with Gasteiger partial charge in [-0.2, -0.15) is 10.4 Å². The normalized spacial score (nSPS) is 13.8. The van der Waals surface area contributed by atoms with Crippen LogP contribution in [-0.2, 0) is 9.53 Å². The van der Waals surface area contributed by atoms with Crippen molar-refractivity contribution in [1.82, 2.24) is 14.8 Å². The second-order valence-corrected chi connectivity index (χ2v) is 8.75. The molecule has 0 spiro atoms. The number of rotatable bonds is 7. The second-order valence-electron chi connectivity index (χ2n) is 8.75. The van der Waals surface area contributed by atoms with Crippen LogP contribution in [0.2, 0.25) is 0 Å². The number of hydrogen-bond donors (Lipinski definition) is 1. The maximum Gasteiger partial charge on any atom is 0.302 e. The molecule has 3 heterocycles. The van der Waals surface area contributed by atoms with Crippen molar-refractivity contribution in [2.45, 2.75) is 33.1 Å². The Morgan fingerprint density at radius 3 is 2.61 bits per heavy atom. The number of nitriles is 1. The summed E-state index contributed by atoms with van der Waals surface area (Å²) in [5.74, 6) is 0.0552. The number of pyridine rings is 1. The molecule has 1 fully saturated rings. The molecule has 1 aliphatic heterocycles. The Labute approximate surface area is 208 Å². The zero-order valence-corrected chi connectivity index (χ0v) is 20.2. The van der Waals surface area contributed by atoms with E-state index in [2.05, 4.69) is 26.4 Å². The third-order valence-electron chi connectivity index (χ3n) is 6.32. The van der Waals surface area contributed by atoms with Gasteiger partial charge in [0.25, 0.3) is 5.91 Å². The molecule has 3 aromatic rings. The highest BCUT2D eigenvalue weighted by atomic mass is 19.1. The molecule has 0 unspecified atom stereocenters. The van der Waals surface area contributed by atoms with E-state index in [9.17, 15) is 19.2 Å². The number of hydrogen-bond acceptors (Lipinski definition) is 7. The highest BCUT2D eigenvalue weighted by Gasteiger charge is 2.23. The van der Waals surface area contributed by atoms with Crippen molar-refractivity contribution in [1.29, 1.82) is 5.26 Å². The number of piperidine rings is 1. The fourth-order valence-electron chi connectivity index (χ4n) is 4.34. The van der Waals surface area contributed by atoms with Gasteiger partial charge in [0.1, 0.15) is 17.7 Å². The van der Waals surface area contributed by atoms with Crippen molar-refractivity contribution in [2.24, 2.45) is 5.92 Å². The molecule has 4 rings (SSSR count). The van der Waals surface area contributed by atoms with E-state index in [0.717, 1.165) is 32.4 Å². The van der Waals surface area contributed by atoms with Gasteiger partial charge in [0.15, 0.2) is 0 Å². The Kier molecular flexibility index (Phi) is 7.59. The van der Waals surface area contributed by atoms with Crippen molar-refractivity contribution < 1.29 is 18.7 Å². The van der Waals surface area contributed by atoms with Gasteiger partial charge >= 0.3 is 5.97 Å². The van der Waals surface area contributed by atoms with Crippen LogP contribution < -0.4 is 10.2 Å². The fraction of sp³-hybridized carbons (Fsp3) is 0.346. The first-order chi connectivity index (χ1) is 17.4. The third kappa shape index (κ3) is 5.68. The SMILES string of the molecule is CC(=O)OCCC1CCN(c2ncc(NC(=O)c3cnn(-c4ccc(F)cc4)c3C)cc2C#N)CC1. The quantitative estimate of drug-likeness (QED) is 0.498. The minimum Gasteiger partial charge on any atom is -0.466 e. The van der Waals surface area contributed by atoms with Crippen molar-refractivity contribution >= 4 is 23.4 Å². The van der Waals surface area contributed by atoms with Gasteiger partial charge in [-0.15, -0.1) is 0 Å². The lowest BCUT2D eigenvalue weighted by atomic mass is 9.94. The number of amides is 1. The maximum absolute atomic E-state index is 13.2. The van der Waals surface area contributed by atoms with E-state index >= 15 is 0 Å². The molecule has 0 radical (unpaired) electrons. The maximum atomic E-state index is 13.2. The fourth-order valence-corrected chi connectivity index (χ4v) is 4.34. The number of benzene rings is 1. The largest absolute Gasteiger partial charge is 0.466 e. The minimum atomic E-state index is -0.382. The van der Waals surface area contributed by atoms with Crippen molar-refractivity contribution in [3.8, 4) is 11.8 Å². The molecule has 36 heavy (non-hydrogen) atoms. The Balaban J connectivity index is 1.41. The number of aromatic nitrogens is 3. The average molecular weight is 491 g/mol. The van der Waals surface area contributed by atoms with E-state index < -0.39 is 0 Å². The lowest BCUT2D eigenvalue weighted by Crippen LogP contribution is -2.35. The number of ether oxygens (including phenoxy) is 1. The first-order valence-corrected chi connectivity index (χ1v) is 11.8. The second kappa shape index (κ2) is 11.0. The Bertz CT molecular complexity index is 1290. The zero-order valence-electron chi connectivity index (χ0n) is 20.2. The number of esters is 1. The van der Waals surface area contributed by atoms with Gasteiger partial charge in [-0.05, 0) is 62.4 Å². The first kappa shape index (κ1) is 24.9. The number of halogens is 1. The van der Waals surface area contributed by atoms with E-state index in [0.29, 0.717) is 46.5 Å². The van der Waals surface area contributed by atoms with Crippen LogP contribution in [0.15, 0.2) is 42.7 Å². The molecule has 1 aliphatic rings. The van der Waals surface area contributed by atoms with Crippen LogP contribution in [0.1, 0.15) is 47.8 Å². The molecule has 1 amide bonds. The third-order valence-corrected chi connectivity index (χ3v) is 6.32. The van der Waals surface area contributed by atoms with Crippen LogP contribution >= 0.6 is 0 Å². The van der Waals surface area contributed by atoms with Gasteiger partial charge in [-0.25, -0.2) is 14.1 Å². The van der Waals surface area contributed by atoms with Gasteiger partial charge in [0.05, 0.1) is 47.2 Å². The van der Waals surface area contributed by atoms with Crippen LogP contribution in [0.4, 0.5) is 15.9 Å². The van der Waals surface area contributed by atoms with Crippen molar-refractivity contribution in [3.05, 3.63) is 65.4 Å². The minimum absolute atomic E-state index is 0.264. The molecule has 0 saturated carbocycles. The van der Waals surface area contributed by atoms with Crippen LogP contribution in [0.25, 0.3) is 5.69 Å². The van der Waals surface area contributed by atoms with Crippen LogP contribution in [-0.4, -0.2) is 46.3 Å². The summed E-state index contributed by atoms with van der Waals surface area (Å²) in [6, 6.07) is 9.64. The molecule has 1 aromatic carbocycles. The first-order valence-electron chi connectivity index (χ1n) is 11.8. The summed E-state index contributed by atoms with van der Waals surface area (Å²) in [5.41, 5.74) is 2.38. The molecule has 2 aromatic heterocycles. The molecule has 10 heteroatoms. The van der Waals surface area contributed by atoms with Gasteiger partial charge in [0, 0.05) is 20.0 Å². The van der Waals surface area contributed by atoms with Gasteiger partial charge < -0.3 is 15.0 Å². The van der Waals surface area contributed by atoms with Crippen molar-refractivity contribution in [3.63, 3.8) is 0 Å². The Hall–Kier alpha value is -4.26. The van der Waals surface area contributed by atoms with Crippen molar-refractivity contribution in [2.75, 3.05) is 29.9 Å². The summed E-state index contributed by atoms with van der Waals surface area (Å²) in [5, 5.41) is 16.8. The van der Waals surface area contributed by atoms with Crippen LogP contribution in [0.5, 0.6) is 0 Å². The van der Waals surface area contributed by atoms with Crippen LogP contribution in [0, 0.1) is 30.0 Å². The highest BCUT2D eigenvalue weighted by Crippen LogP contribution is 2.28. The monoisotopic (exact) mass is 490 g/mol. The van der Waals surface area contributed by atoms with Crippen LogP contribution in [0.3, 0.4) is 0 Å². The van der Waals surface area contributed by atoms with E-state index in [1.807, 2.05) is 0 Å². The predicted octanol–water partition coefficient (Wildman–Crippen LogP) is 4.01. The highest BCUT2D eigenvalue weighted by molar-refractivity contribution is 6.05. The Morgan fingerprint density at radius 1 is 1.22 bits per heavy atom. The van der Waals surface area contributed by atoms with E-state index in [-0.39, 0.29) is 17.7 Å². The molecule has 0 aliphatic carbocycles. The van der Waals surface area contributed by atoms with E-state index in [1.165, 1.54) is 25.3 Å². The standard InChI is InChI=1S/C26H27FN6O3/c1-17-24(16-30-33(17)23-5-3-21(27)4-6-23)26(35)31-22-13-20(14-28)25(29-15-22)32-10-7-19(8-11-32)9-12-36-18(2)34/h3-6,13,15-16,19H,7-12H2,1-2H3,(H,31,35). The number of anilines is 2. The number of nitrogens with zero attached hydrogens (tertiary/aromatic N) is 5. The Morgan fingerprint density at radius 2 is 1.94 bits per heavy atom. The molecule has 1 N–H and O–H groups in total. The zero-order chi connectivity index (χ0) is 25.7. The summed E-state index contributed by atoms with van der Waals surface area (Å²) < 4.78 is 19.8. The number of carbonyl (C=O) groups excluding carboxylic acids is 2. The summed E-state index contributed by atoms with van der Waals surface area (Å²) >= 11 is 0. The molecule has 0 atom stereocenters. The smallest absolute Gasteiger partial charge is 0.302 e. The molecular formula is C26H27FN6O3. The summed E-state index contributed by atoms with van der Waals surface area (Å²) in [4.78, 5) is 30.4. The summed E-state index contributed by atoms with van der Waals surface area (Å²) in [7, 11) is 0. The van der Waals surface area contributed by atoms with Gasteiger partial charge in [-0.1, -0.05) is 0 Å². The lowest BCUT2D eigenvalue weighted by molar-refractivity contribution is -0.141. The lowest BCUT2D eigenvalue weighted by Gasteiger charge is -2.33. The number of carbonyl (C=O) groups is 2. The topological polar surface area (TPSA) is 113 Å². The summed E-state index contributed by atoms with van der Waals surface area (Å²) in [6.45, 7) is 5.09. The van der Waals surface area contributed by atoms with Gasteiger partial charge in [-0.3, -0.25) is 9.59 Å². The van der Waals surface area contributed by atoms with E-state index in [1.54, 1.807) is 36.0 Å². The summed E-state index contributed by atoms with van der Waals surface area (Å²) in [6.07, 6.45) is 5.66. The number of nitrogens with one attached hydrogen (secondary N) is 1. The molecule has 186 valence electrons. The van der Waals surface area contributed by atoms with Gasteiger partial charge in [0.2, 0.25) is 0 Å². The molecule has 1 saturated heterocycles. The molecule has 0 bridgehead atoms. The molecular weight excluding hydrogens is 463 g/mol. The molecule has 9 nitrogen and oxygen atoms in total. The predicted molar refractivity (Wildman–Crippen MR) is 131 cm³/mol.